The summed E-state index contributed by atoms with van der Waals surface area (Å²) in [5.41, 5.74) is -0.468. The second-order valence-corrected chi connectivity index (χ2v) is 5.88. The maximum Gasteiger partial charge on any atom is 0.305 e. The molecule has 0 radical (unpaired) electrons. The van der Waals surface area contributed by atoms with E-state index in [-0.39, 0.29) is 18.2 Å². The molecular weight excluding hydrogens is 230 g/mol. The number of hydrogen-bond acceptors (Lipinski definition) is 2. The van der Waals surface area contributed by atoms with Crippen LogP contribution in [0.2, 0.25) is 0 Å². The molecule has 1 amide bonds. The summed E-state index contributed by atoms with van der Waals surface area (Å²) in [4.78, 5) is 23.2. The van der Waals surface area contributed by atoms with E-state index < -0.39 is 11.5 Å². The van der Waals surface area contributed by atoms with Gasteiger partial charge in [0.25, 0.3) is 0 Å². The van der Waals surface area contributed by atoms with E-state index in [2.05, 4.69) is 5.32 Å². The summed E-state index contributed by atoms with van der Waals surface area (Å²) < 4.78 is 0. The maximum absolute atomic E-state index is 12.2. The van der Waals surface area contributed by atoms with Crippen molar-refractivity contribution in [2.24, 2.45) is 5.92 Å². The molecule has 2 fully saturated rings. The first-order valence-corrected chi connectivity index (χ1v) is 7.15. The molecule has 18 heavy (non-hydrogen) atoms. The molecule has 0 aromatic rings. The summed E-state index contributed by atoms with van der Waals surface area (Å²) in [6.45, 7) is 0. The molecule has 0 aromatic heterocycles. The highest BCUT2D eigenvalue weighted by atomic mass is 16.4. The Labute approximate surface area is 108 Å². The van der Waals surface area contributed by atoms with Crippen LogP contribution in [0.4, 0.5) is 0 Å². The number of carbonyl (C=O) groups excluding carboxylic acids is 1. The summed E-state index contributed by atoms with van der Waals surface area (Å²) in [5, 5.41) is 12.1. The molecular formula is C14H23NO3. The molecule has 2 aliphatic carbocycles. The summed E-state index contributed by atoms with van der Waals surface area (Å²) in [6.07, 6.45) is 9.11. The van der Waals surface area contributed by atoms with Crippen molar-refractivity contribution >= 4 is 11.9 Å². The molecule has 2 rings (SSSR count). The Morgan fingerprint density at radius 3 is 2.22 bits per heavy atom. The highest BCUT2D eigenvalue weighted by molar-refractivity contribution is 5.80. The molecule has 4 nitrogen and oxygen atoms in total. The summed E-state index contributed by atoms with van der Waals surface area (Å²) in [6, 6.07) is 0. The SMILES string of the molecule is O=C(O)CC1(NC(=O)C2CCCC2)CCCCC1. The first-order chi connectivity index (χ1) is 8.61. The van der Waals surface area contributed by atoms with Gasteiger partial charge in [0.1, 0.15) is 0 Å². The number of carbonyl (C=O) groups is 2. The lowest BCUT2D eigenvalue weighted by Crippen LogP contribution is -2.52. The molecule has 0 spiro atoms. The molecule has 0 unspecified atom stereocenters. The molecule has 0 heterocycles. The van der Waals surface area contributed by atoms with E-state index in [1.165, 1.54) is 0 Å². The number of nitrogens with one attached hydrogen (secondary N) is 1. The van der Waals surface area contributed by atoms with Crippen molar-refractivity contribution in [3.8, 4) is 0 Å². The fourth-order valence-corrected chi connectivity index (χ4v) is 3.42. The number of aliphatic carboxylic acids is 1. The van der Waals surface area contributed by atoms with Crippen molar-refractivity contribution in [2.75, 3.05) is 0 Å². The van der Waals surface area contributed by atoms with Crippen LogP contribution in [0.3, 0.4) is 0 Å². The smallest absolute Gasteiger partial charge is 0.305 e. The van der Waals surface area contributed by atoms with Crippen molar-refractivity contribution in [2.45, 2.75) is 69.7 Å². The standard InChI is InChI=1S/C14H23NO3/c16-12(17)10-14(8-4-1-5-9-14)15-13(18)11-6-2-3-7-11/h11H,1-10H2,(H,15,18)(H,16,17). The second-order valence-electron chi connectivity index (χ2n) is 5.88. The monoisotopic (exact) mass is 253 g/mol. The van der Waals surface area contributed by atoms with Crippen LogP contribution in [0.5, 0.6) is 0 Å². The summed E-state index contributed by atoms with van der Waals surface area (Å²) in [7, 11) is 0. The topological polar surface area (TPSA) is 66.4 Å². The van der Waals surface area contributed by atoms with Crippen molar-refractivity contribution < 1.29 is 14.7 Å². The largest absolute Gasteiger partial charge is 0.481 e. The molecule has 2 saturated carbocycles. The third-order valence-corrected chi connectivity index (χ3v) is 4.41. The van der Waals surface area contributed by atoms with Gasteiger partial charge in [0.05, 0.1) is 12.0 Å². The van der Waals surface area contributed by atoms with Gasteiger partial charge in [-0.3, -0.25) is 9.59 Å². The molecule has 2 aliphatic rings. The van der Waals surface area contributed by atoms with Crippen LogP contribution in [0.15, 0.2) is 0 Å². The molecule has 0 atom stereocenters. The number of hydrogen-bond donors (Lipinski definition) is 2. The zero-order chi connectivity index (χ0) is 13.0. The van der Waals surface area contributed by atoms with Gasteiger partial charge in [-0.2, -0.15) is 0 Å². The number of carboxylic acid groups (broad SMARTS) is 1. The van der Waals surface area contributed by atoms with E-state index in [0.29, 0.717) is 0 Å². The van der Waals surface area contributed by atoms with Crippen molar-refractivity contribution in [3.63, 3.8) is 0 Å². The lowest BCUT2D eigenvalue weighted by Gasteiger charge is -2.37. The van der Waals surface area contributed by atoms with Gasteiger partial charge in [-0.05, 0) is 25.7 Å². The van der Waals surface area contributed by atoms with E-state index in [1.54, 1.807) is 0 Å². The van der Waals surface area contributed by atoms with E-state index in [0.717, 1.165) is 57.8 Å². The highest BCUT2D eigenvalue weighted by Gasteiger charge is 2.37. The Kier molecular flexibility index (Phi) is 4.25. The van der Waals surface area contributed by atoms with Crippen molar-refractivity contribution in [3.05, 3.63) is 0 Å². The Balaban J connectivity index is 1.99. The summed E-state index contributed by atoms with van der Waals surface area (Å²) >= 11 is 0. The second kappa shape index (κ2) is 5.72. The number of carboxylic acids is 1. The van der Waals surface area contributed by atoms with E-state index in [1.807, 2.05) is 0 Å². The number of rotatable bonds is 4. The van der Waals surface area contributed by atoms with Crippen LogP contribution >= 0.6 is 0 Å². The van der Waals surface area contributed by atoms with Crippen LogP contribution in [0.1, 0.15) is 64.2 Å². The van der Waals surface area contributed by atoms with E-state index >= 15 is 0 Å². The van der Waals surface area contributed by atoms with Gasteiger partial charge in [0.15, 0.2) is 0 Å². The minimum Gasteiger partial charge on any atom is -0.481 e. The van der Waals surface area contributed by atoms with Gasteiger partial charge in [0.2, 0.25) is 5.91 Å². The normalized spacial score (nSPS) is 23.8. The lowest BCUT2D eigenvalue weighted by atomic mass is 9.79. The quantitative estimate of drug-likeness (QED) is 0.808. The predicted molar refractivity (Wildman–Crippen MR) is 68.2 cm³/mol. The minimum atomic E-state index is -0.802. The molecule has 4 heteroatoms. The minimum absolute atomic E-state index is 0.0749. The van der Waals surface area contributed by atoms with Crippen molar-refractivity contribution in [1.82, 2.24) is 5.32 Å². The molecule has 0 aliphatic heterocycles. The van der Waals surface area contributed by atoms with Crippen LogP contribution < -0.4 is 5.32 Å². The third-order valence-electron chi connectivity index (χ3n) is 4.41. The number of amides is 1. The fraction of sp³-hybridized carbons (Fsp3) is 0.857. The van der Waals surface area contributed by atoms with Crippen LogP contribution in [0, 0.1) is 5.92 Å². The van der Waals surface area contributed by atoms with Crippen molar-refractivity contribution in [1.29, 1.82) is 0 Å². The highest BCUT2D eigenvalue weighted by Crippen LogP contribution is 2.33. The molecule has 102 valence electrons. The van der Waals surface area contributed by atoms with Gasteiger partial charge < -0.3 is 10.4 Å². The summed E-state index contributed by atoms with van der Waals surface area (Å²) in [5.74, 6) is -0.586. The Morgan fingerprint density at radius 1 is 1.06 bits per heavy atom. The zero-order valence-corrected chi connectivity index (χ0v) is 10.9. The first kappa shape index (κ1) is 13.4. The average Bonchev–Trinajstić information content (AvgIpc) is 2.82. The van der Waals surface area contributed by atoms with Gasteiger partial charge in [0, 0.05) is 5.92 Å². The van der Waals surface area contributed by atoms with Gasteiger partial charge in [-0.15, -0.1) is 0 Å². The predicted octanol–water partition coefficient (Wildman–Crippen LogP) is 2.47. The molecule has 0 aromatic carbocycles. The zero-order valence-electron chi connectivity index (χ0n) is 10.9. The molecule has 0 saturated heterocycles. The van der Waals surface area contributed by atoms with Crippen LogP contribution in [0.25, 0.3) is 0 Å². The van der Waals surface area contributed by atoms with Crippen LogP contribution in [-0.2, 0) is 9.59 Å². The van der Waals surface area contributed by atoms with Gasteiger partial charge in [-0.25, -0.2) is 0 Å². The molecule has 0 bridgehead atoms. The molecule has 2 N–H and O–H groups in total. The van der Waals surface area contributed by atoms with E-state index in [4.69, 9.17) is 5.11 Å². The van der Waals surface area contributed by atoms with Crippen LogP contribution in [-0.4, -0.2) is 22.5 Å². The lowest BCUT2D eigenvalue weighted by molar-refractivity contribution is -0.140. The fourth-order valence-electron chi connectivity index (χ4n) is 3.42. The Hall–Kier alpha value is -1.06. The average molecular weight is 253 g/mol. The first-order valence-electron chi connectivity index (χ1n) is 7.15. The maximum atomic E-state index is 12.2. The van der Waals surface area contributed by atoms with E-state index in [9.17, 15) is 9.59 Å². The van der Waals surface area contributed by atoms with Gasteiger partial charge in [-0.1, -0.05) is 32.1 Å². The Bertz CT molecular complexity index is 315. The van der Waals surface area contributed by atoms with Gasteiger partial charge >= 0.3 is 5.97 Å². The Morgan fingerprint density at radius 2 is 1.67 bits per heavy atom. The third kappa shape index (κ3) is 3.24.